The van der Waals surface area contributed by atoms with Gasteiger partial charge >= 0.3 is 0 Å². The summed E-state index contributed by atoms with van der Waals surface area (Å²) in [7, 11) is 0. The van der Waals surface area contributed by atoms with Gasteiger partial charge in [-0.05, 0) is 51.4 Å². The van der Waals surface area contributed by atoms with Gasteiger partial charge in [-0.25, -0.2) is 0 Å². The number of hydrogen-bond donors (Lipinski definition) is 2. The molecule has 16 heavy (non-hydrogen) atoms. The van der Waals surface area contributed by atoms with Gasteiger partial charge in [-0.3, -0.25) is 0 Å². The number of aliphatic hydroxyl groups excluding tert-OH is 1. The third-order valence-corrected chi connectivity index (χ3v) is 4.19. The van der Waals surface area contributed by atoms with Gasteiger partial charge in [0, 0.05) is 24.8 Å². The zero-order chi connectivity index (χ0) is 11.4. The molecule has 1 unspecified atom stereocenters. The molecule has 2 aliphatic rings. The number of rotatable bonds is 5. The van der Waals surface area contributed by atoms with Crippen molar-refractivity contribution in [3.05, 3.63) is 0 Å². The van der Waals surface area contributed by atoms with Gasteiger partial charge in [-0.1, -0.05) is 0 Å². The fraction of sp³-hybridized carbons (Fsp3) is 1.00. The largest absolute Gasteiger partial charge is 0.394 e. The molecule has 1 saturated heterocycles. The van der Waals surface area contributed by atoms with Crippen molar-refractivity contribution in [2.45, 2.75) is 57.0 Å². The highest BCUT2D eigenvalue weighted by atomic mass is 16.5. The molecular formula is C13H25NO2. The molecule has 1 aliphatic carbocycles. The van der Waals surface area contributed by atoms with E-state index in [0.717, 1.165) is 32.0 Å². The minimum atomic E-state index is 0.0601. The Morgan fingerprint density at radius 3 is 2.56 bits per heavy atom. The third-order valence-electron chi connectivity index (χ3n) is 4.19. The second-order valence-corrected chi connectivity index (χ2v) is 5.63. The van der Waals surface area contributed by atoms with Crippen LogP contribution in [-0.4, -0.2) is 36.5 Å². The van der Waals surface area contributed by atoms with Gasteiger partial charge < -0.3 is 15.2 Å². The van der Waals surface area contributed by atoms with E-state index >= 15 is 0 Å². The SMILES string of the molecule is CC(CC1CCOCC1)NC1(CO)CCC1. The Morgan fingerprint density at radius 1 is 1.38 bits per heavy atom. The number of ether oxygens (including phenoxy) is 1. The van der Waals surface area contributed by atoms with Crippen molar-refractivity contribution in [3.8, 4) is 0 Å². The van der Waals surface area contributed by atoms with Crippen LogP contribution in [0.5, 0.6) is 0 Å². The van der Waals surface area contributed by atoms with Gasteiger partial charge in [0.15, 0.2) is 0 Å². The Labute approximate surface area is 98.6 Å². The van der Waals surface area contributed by atoms with Gasteiger partial charge in [0.25, 0.3) is 0 Å². The average Bonchev–Trinajstić information content (AvgIpc) is 2.25. The first-order valence-electron chi connectivity index (χ1n) is 6.70. The maximum absolute atomic E-state index is 9.41. The molecular weight excluding hydrogens is 202 g/mol. The van der Waals surface area contributed by atoms with Gasteiger partial charge in [0.1, 0.15) is 0 Å². The molecule has 2 fully saturated rings. The molecule has 0 radical (unpaired) electrons. The van der Waals surface area contributed by atoms with E-state index in [1.165, 1.54) is 25.7 Å². The predicted molar refractivity (Wildman–Crippen MR) is 64.4 cm³/mol. The van der Waals surface area contributed by atoms with E-state index in [1.807, 2.05) is 0 Å². The van der Waals surface area contributed by atoms with Crippen molar-refractivity contribution in [2.75, 3.05) is 19.8 Å². The zero-order valence-electron chi connectivity index (χ0n) is 10.4. The molecule has 2 rings (SSSR count). The van der Waals surface area contributed by atoms with Gasteiger partial charge in [0.2, 0.25) is 0 Å². The first kappa shape index (κ1) is 12.3. The number of aliphatic hydroxyl groups is 1. The highest BCUT2D eigenvalue weighted by Gasteiger charge is 2.37. The van der Waals surface area contributed by atoms with Crippen LogP contribution in [0.2, 0.25) is 0 Å². The molecule has 3 heteroatoms. The van der Waals surface area contributed by atoms with E-state index in [0.29, 0.717) is 12.6 Å². The maximum atomic E-state index is 9.41. The minimum absolute atomic E-state index is 0.0601. The van der Waals surface area contributed by atoms with Crippen molar-refractivity contribution < 1.29 is 9.84 Å². The molecule has 1 saturated carbocycles. The quantitative estimate of drug-likeness (QED) is 0.751. The monoisotopic (exact) mass is 227 g/mol. The summed E-state index contributed by atoms with van der Waals surface area (Å²) < 4.78 is 5.38. The van der Waals surface area contributed by atoms with Crippen LogP contribution in [0.1, 0.15) is 45.4 Å². The molecule has 0 spiro atoms. The van der Waals surface area contributed by atoms with Crippen LogP contribution in [0, 0.1) is 5.92 Å². The molecule has 94 valence electrons. The van der Waals surface area contributed by atoms with Crippen molar-refractivity contribution in [1.82, 2.24) is 5.32 Å². The molecule has 1 atom stereocenters. The van der Waals surface area contributed by atoms with E-state index < -0.39 is 0 Å². The van der Waals surface area contributed by atoms with Crippen molar-refractivity contribution in [1.29, 1.82) is 0 Å². The summed E-state index contributed by atoms with van der Waals surface area (Å²) in [6.07, 6.45) is 7.18. The first-order chi connectivity index (χ1) is 7.74. The summed E-state index contributed by atoms with van der Waals surface area (Å²) >= 11 is 0. The summed E-state index contributed by atoms with van der Waals surface area (Å²) in [6.45, 7) is 4.42. The van der Waals surface area contributed by atoms with Gasteiger partial charge in [-0.2, -0.15) is 0 Å². The number of hydrogen-bond acceptors (Lipinski definition) is 3. The van der Waals surface area contributed by atoms with E-state index in [9.17, 15) is 5.11 Å². The summed E-state index contributed by atoms with van der Waals surface area (Å²) in [6, 6.07) is 0.524. The fourth-order valence-corrected chi connectivity index (χ4v) is 3.02. The molecule has 2 N–H and O–H groups in total. The molecule has 0 aromatic rings. The lowest BCUT2D eigenvalue weighted by Crippen LogP contribution is -2.57. The standard InChI is InChI=1S/C13H25NO2/c1-11(9-12-3-7-16-8-4-12)14-13(10-15)5-2-6-13/h11-12,14-15H,2-10H2,1H3. The Hall–Kier alpha value is -0.120. The first-order valence-corrected chi connectivity index (χ1v) is 6.70. The molecule has 0 amide bonds. The fourth-order valence-electron chi connectivity index (χ4n) is 3.02. The minimum Gasteiger partial charge on any atom is -0.394 e. The summed E-state index contributed by atoms with van der Waals surface area (Å²) in [4.78, 5) is 0. The summed E-state index contributed by atoms with van der Waals surface area (Å²) in [5, 5.41) is 13.0. The number of nitrogens with one attached hydrogen (secondary N) is 1. The van der Waals surface area contributed by atoms with Gasteiger partial charge in [0.05, 0.1) is 6.61 Å². The van der Waals surface area contributed by atoms with E-state index in [1.54, 1.807) is 0 Å². The Morgan fingerprint density at radius 2 is 2.06 bits per heavy atom. The van der Waals surface area contributed by atoms with E-state index in [-0.39, 0.29) is 5.54 Å². The maximum Gasteiger partial charge on any atom is 0.0613 e. The normalized spacial score (nSPS) is 27.4. The Bertz CT molecular complexity index is 204. The third kappa shape index (κ3) is 2.96. The lowest BCUT2D eigenvalue weighted by molar-refractivity contribution is 0.0490. The van der Waals surface area contributed by atoms with E-state index in [4.69, 9.17) is 4.74 Å². The second-order valence-electron chi connectivity index (χ2n) is 5.63. The molecule has 0 bridgehead atoms. The topological polar surface area (TPSA) is 41.5 Å². The average molecular weight is 227 g/mol. The van der Waals surface area contributed by atoms with Crippen LogP contribution in [0.25, 0.3) is 0 Å². The van der Waals surface area contributed by atoms with Crippen LogP contribution in [0.4, 0.5) is 0 Å². The van der Waals surface area contributed by atoms with Crippen molar-refractivity contribution >= 4 is 0 Å². The van der Waals surface area contributed by atoms with Crippen LogP contribution in [-0.2, 0) is 4.74 Å². The van der Waals surface area contributed by atoms with Gasteiger partial charge in [-0.15, -0.1) is 0 Å². The lowest BCUT2D eigenvalue weighted by Gasteiger charge is -2.44. The van der Waals surface area contributed by atoms with Crippen molar-refractivity contribution in [3.63, 3.8) is 0 Å². The highest BCUT2D eigenvalue weighted by Crippen LogP contribution is 2.32. The smallest absolute Gasteiger partial charge is 0.0613 e. The van der Waals surface area contributed by atoms with E-state index in [2.05, 4.69) is 12.2 Å². The Balaban J connectivity index is 1.72. The molecule has 3 nitrogen and oxygen atoms in total. The highest BCUT2D eigenvalue weighted by molar-refractivity contribution is 4.97. The van der Waals surface area contributed by atoms with Crippen LogP contribution in [0.3, 0.4) is 0 Å². The molecule has 0 aromatic heterocycles. The van der Waals surface area contributed by atoms with Crippen LogP contribution >= 0.6 is 0 Å². The predicted octanol–water partition coefficient (Wildman–Crippen LogP) is 1.70. The van der Waals surface area contributed by atoms with Crippen LogP contribution < -0.4 is 5.32 Å². The second kappa shape index (κ2) is 5.48. The summed E-state index contributed by atoms with van der Waals surface area (Å²) in [5.74, 6) is 0.812. The lowest BCUT2D eigenvalue weighted by atomic mass is 9.76. The zero-order valence-corrected chi connectivity index (χ0v) is 10.4. The summed E-state index contributed by atoms with van der Waals surface area (Å²) in [5.41, 5.74) is 0.0601. The van der Waals surface area contributed by atoms with Crippen molar-refractivity contribution in [2.24, 2.45) is 5.92 Å². The Kier molecular flexibility index (Phi) is 4.22. The van der Waals surface area contributed by atoms with Crippen LogP contribution in [0.15, 0.2) is 0 Å². The molecule has 0 aromatic carbocycles. The molecule has 1 aliphatic heterocycles. The molecule has 1 heterocycles.